The first-order valence-corrected chi connectivity index (χ1v) is 15.0. The van der Waals surface area contributed by atoms with Crippen LogP contribution in [0.4, 0.5) is 0 Å². The van der Waals surface area contributed by atoms with Gasteiger partial charge in [0.1, 0.15) is 0 Å². The van der Waals surface area contributed by atoms with Gasteiger partial charge in [-0.2, -0.15) is 8.42 Å². The second kappa shape index (κ2) is 25.3. The summed E-state index contributed by atoms with van der Waals surface area (Å²) in [7, 11) is -4.76. The van der Waals surface area contributed by atoms with Crippen molar-refractivity contribution in [1.82, 2.24) is 6.15 Å². The molecule has 3 atom stereocenters. The molecule has 218 valence electrons. The zero-order valence-corrected chi connectivity index (χ0v) is 24.6. The summed E-state index contributed by atoms with van der Waals surface area (Å²) >= 11 is 5.53. The number of hydrogen-bond donors (Lipinski definition) is 2. The summed E-state index contributed by atoms with van der Waals surface area (Å²) in [6.07, 6.45) is 6.74. The van der Waals surface area contributed by atoms with Crippen LogP contribution in [0.15, 0.2) is 30.3 Å². The number of benzene rings is 1. The van der Waals surface area contributed by atoms with Gasteiger partial charge in [-0.15, -0.1) is 11.6 Å². The van der Waals surface area contributed by atoms with Gasteiger partial charge in [-0.1, -0.05) is 96.6 Å². The van der Waals surface area contributed by atoms with E-state index in [1.165, 1.54) is 5.56 Å². The summed E-state index contributed by atoms with van der Waals surface area (Å²) in [5.74, 6) is -0.994. The molecule has 0 saturated heterocycles. The van der Waals surface area contributed by atoms with E-state index in [9.17, 15) is 22.6 Å². The van der Waals surface area contributed by atoms with Gasteiger partial charge in [0.15, 0.2) is 5.25 Å². The van der Waals surface area contributed by atoms with Crippen LogP contribution in [0.5, 0.6) is 0 Å². The fraction of sp³-hybridized carbons (Fsp3) is 0.704. The Kier molecular flexibility index (Phi) is 27.8. The molecule has 1 aromatic carbocycles. The average Bonchev–Trinajstić information content (AvgIpc) is 2.87. The van der Waals surface area contributed by atoms with Gasteiger partial charge in [-0.25, -0.2) is 0 Å². The summed E-state index contributed by atoms with van der Waals surface area (Å²) < 4.78 is 42.8. The zero-order chi connectivity index (χ0) is 27.4. The molecule has 0 spiro atoms. The molecule has 0 bridgehead atoms. The third kappa shape index (κ3) is 20.3. The molecule has 1 aromatic rings. The van der Waals surface area contributed by atoms with Gasteiger partial charge >= 0.3 is 41.5 Å². The molecule has 8 nitrogen and oxygen atoms in total. The summed E-state index contributed by atoms with van der Waals surface area (Å²) in [4.78, 5) is 24.2. The van der Waals surface area contributed by atoms with Gasteiger partial charge in [-0.3, -0.25) is 14.1 Å². The number of rotatable bonds is 17. The Balaban J connectivity index is -0.00000104. The van der Waals surface area contributed by atoms with E-state index in [0.717, 1.165) is 51.4 Å². The van der Waals surface area contributed by atoms with Crippen LogP contribution in [0.2, 0.25) is 0 Å². The molecule has 11 heteroatoms. The minimum absolute atomic E-state index is 0. The molecule has 0 aliphatic heterocycles. The first-order valence-electron chi connectivity index (χ1n) is 13.0. The van der Waals surface area contributed by atoms with Crippen molar-refractivity contribution in [1.29, 1.82) is 0 Å². The number of halogens is 1. The van der Waals surface area contributed by atoms with Crippen molar-refractivity contribution in [2.24, 2.45) is 11.8 Å². The van der Waals surface area contributed by atoms with Crippen molar-refractivity contribution in [3.63, 3.8) is 0 Å². The normalized spacial score (nSPS) is 12.9. The Labute approximate surface area is 257 Å². The molecule has 0 fully saturated rings. The molecule has 4 N–H and O–H groups in total. The van der Waals surface area contributed by atoms with Crippen molar-refractivity contribution in [3.8, 4) is 0 Å². The summed E-state index contributed by atoms with van der Waals surface area (Å²) in [5, 5.41) is -1.95. The van der Waals surface area contributed by atoms with Crippen molar-refractivity contribution in [2.75, 3.05) is 13.2 Å². The van der Waals surface area contributed by atoms with Crippen LogP contribution in [0.3, 0.4) is 0 Å². The molecule has 0 aromatic heterocycles. The number of unbranched alkanes of at least 4 members (excludes halogenated alkanes) is 2. The number of hydrogen-bond acceptors (Lipinski definition) is 7. The maximum absolute atomic E-state index is 12.2. The SMILES string of the molecule is CCCCC(CC)COC(=O)CC(C(=O)OCC(CC)CCCC)S(=O)(=O)O.ClCc1ccccc1.N.[NaH]. The Morgan fingerprint density at radius 3 is 1.74 bits per heavy atom. The zero-order valence-electron chi connectivity index (χ0n) is 23.0. The van der Waals surface area contributed by atoms with E-state index < -0.39 is 33.7 Å². The van der Waals surface area contributed by atoms with E-state index in [1.807, 2.05) is 44.2 Å². The molecule has 3 unspecified atom stereocenters. The molecular formula is C27H49ClNNaO7S. The van der Waals surface area contributed by atoms with E-state index in [1.54, 1.807) is 0 Å². The minimum atomic E-state index is -4.76. The molecular weight excluding hydrogens is 541 g/mol. The van der Waals surface area contributed by atoms with Crippen molar-refractivity contribution < 1.29 is 32.0 Å². The summed E-state index contributed by atoms with van der Waals surface area (Å²) in [5.41, 5.74) is 1.18. The first kappa shape index (κ1) is 41.8. The molecule has 0 radical (unpaired) electrons. The molecule has 38 heavy (non-hydrogen) atoms. The number of alkyl halides is 1. The first-order chi connectivity index (χ1) is 17.1. The van der Waals surface area contributed by atoms with Gasteiger partial charge in [0, 0.05) is 5.88 Å². The van der Waals surface area contributed by atoms with E-state index >= 15 is 0 Å². The Hall–Kier alpha value is -0.680. The standard InChI is InChI=1S/C20H38O7S.C7H7Cl.H3N.Na.H/c1-5-9-11-16(7-3)14-26-19(21)13-18(28(23,24)25)20(22)27-15-17(8-4)12-10-6-2;8-6-7-4-2-1-3-5-7;;;/h16-18H,5-15H2,1-4H3,(H,23,24,25);1-5H,6H2;1H3;;. The van der Waals surface area contributed by atoms with Gasteiger partial charge in [0.25, 0.3) is 10.1 Å². The van der Waals surface area contributed by atoms with Crippen molar-refractivity contribution >= 4 is 63.2 Å². The molecule has 1 rings (SSSR count). The topological polar surface area (TPSA) is 142 Å². The molecule has 0 aliphatic carbocycles. The van der Waals surface area contributed by atoms with E-state index in [-0.39, 0.29) is 60.8 Å². The van der Waals surface area contributed by atoms with Crippen LogP contribution < -0.4 is 6.15 Å². The predicted octanol–water partition coefficient (Wildman–Crippen LogP) is 6.09. The molecule has 0 saturated carbocycles. The third-order valence-corrected chi connectivity index (χ3v) is 7.39. The van der Waals surface area contributed by atoms with Crippen LogP contribution in [0.25, 0.3) is 0 Å². The number of carbonyl (C=O) groups excluding carboxylic acids is 2. The van der Waals surface area contributed by atoms with Crippen LogP contribution in [0, 0.1) is 11.8 Å². The van der Waals surface area contributed by atoms with E-state index in [0.29, 0.717) is 5.88 Å². The average molecular weight is 590 g/mol. The van der Waals surface area contributed by atoms with Gasteiger partial charge < -0.3 is 15.6 Å². The third-order valence-electron chi connectivity index (χ3n) is 6.00. The molecule has 0 amide bonds. The Bertz CT molecular complexity index is 828. The van der Waals surface area contributed by atoms with E-state index in [4.69, 9.17) is 21.1 Å². The monoisotopic (exact) mass is 589 g/mol. The van der Waals surface area contributed by atoms with E-state index in [2.05, 4.69) is 13.8 Å². The number of ether oxygens (including phenoxy) is 2. The molecule has 0 aliphatic rings. The predicted molar refractivity (Wildman–Crippen MR) is 157 cm³/mol. The second-order valence-electron chi connectivity index (χ2n) is 8.97. The quantitative estimate of drug-likeness (QED) is 0.0961. The van der Waals surface area contributed by atoms with Gasteiger partial charge in [-0.05, 0) is 30.2 Å². The van der Waals surface area contributed by atoms with Gasteiger partial charge in [0.2, 0.25) is 0 Å². The van der Waals surface area contributed by atoms with Crippen LogP contribution >= 0.6 is 11.6 Å². The van der Waals surface area contributed by atoms with Crippen LogP contribution in [-0.4, -0.2) is 72.9 Å². The number of esters is 2. The van der Waals surface area contributed by atoms with Crippen LogP contribution in [-0.2, 0) is 35.1 Å². The van der Waals surface area contributed by atoms with Crippen molar-refractivity contribution in [2.45, 2.75) is 96.6 Å². The maximum atomic E-state index is 12.2. The Morgan fingerprint density at radius 1 is 0.895 bits per heavy atom. The fourth-order valence-electron chi connectivity index (χ4n) is 3.39. The summed E-state index contributed by atoms with van der Waals surface area (Å²) in [6.45, 7) is 8.35. The Morgan fingerprint density at radius 2 is 1.37 bits per heavy atom. The summed E-state index contributed by atoms with van der Waals surface area (Å²) in [6, 6.07) is 9.96. The number of carbonyl (C=O) groups is 2. The van der Waals surface area contributed by atoms with Crippen LogP contribution in [0.1, 0.15) is 91.0 Å². The van der Waals surface area contributed by atoms with Crippen molar-refractivity contribution in [3.05, 3.63) is 35.9 Å². The van der Waals surface area contributed by atoms with Gasteiger partial charge in [0.05, 0.1) is 19.6 Å². The molecule has 0 heterocycles. The fourth-order valence-corrected chi connectivity index (χ4v) is 4.22. The second-order valence-corrected chi connectivity index (χ2v) is 10.8.